The second-order valence-corrected chi connectivity index (χ2v) is 4.92. The number of nitrogens with one attached hydrogen (secondary N) is 1. The highest BCUT2D eigenvalue weighted by Gasteiger charge is 2.18. The normalized spacial score (nSPS) is 12.4. The highest BCUT2D eigenvalue weighted by atomic mass is 35.5. The minimum absolute atomic E-state index is 0.213. The Bertz CT molecular complexity index is 539. The molecule has 1 N–H and O–H groups in total. The van der Waals surface area contributed by atoms with Crippen LogP contribution in [0.4, 0.5) is 0 Å². The lowest BCUT2D eigenvalue weighted by Gasteiger charge is -2.07. The molecule has 1 atom stereocenters. The summed E-state index contributed by atoms with van der Waals surface area (Å²) < 4.78 is 5.53. The Hall–Kier alpha value is -1.47. The monoisotopic (exact) mass is 272 g/mol. The van der Waals surface area contributed by atoms with E-state index >= 15 is 0 Å². The van der Waals surface area contributed by atoms with Crippen LogP contribution in [0.25, 0.3) is 0 Å². The standard InChI is InChI=1S/C9H9ClN4O2S/c1-4-3-11-7(16-4)5(2)12-6(15)8-13-14-9(10)17-8/h3,5H,1-2H3,(H,12,15). The second kappa shape index (κ2) is 4.80. The Balaban J connectivity index is 2.04. The van der Waals surface area contributed by atoms with E-state index in [0.29, 0.717) is 11.7 Å². The van der Waals surface area contributed by atoms with Crippen molar-refractivity contribution in [2.24, 2.45) is 0 Å². The van der Waals surface area contributed by atoms with Crippen LogP contribution >= 0.6 is 22.9 Å². The van der Waals surface area contributed by atoms with Gasteiger partial charge in [-0.3, -0.25) is 4.79 Å². The van der Waals surface area contributed by atoms with Gasteiger partial charge in [0.1, 0.15) is 11.8 Å². The van der Waals surface area contributed by atoms with Gasteiger partial charge in [0.2, 0.25) is 15.4 Å². The molecule has 0 saturated heterocycles. The number of aryl methyl sites for hydroxylation is 1. The predicted molar refractivity (Wildman–Crippen MR) is 62.0 cm³/mol. The Morgan fingerprint density at radius 1 is 1.59 bits per heavy atom. The molecule has 0 fully saturated rings. The molecular formula is C9H9ClN4O2S. The maximum absolute atomic E-state index is 11.7. The summed E-state index contributed by atoms with van der Waals surface area (Å²) in [7, 11) is 0. The molecule has 2 rings (SSSR count). The van der Waals surface area contributed by atoms with Crippen LogP contribution in [0.5, 0.6) is 0 Å². The predicted octanol–water partition coefficient (Wildman–Crippen LogP) is 1.98. The Kier molecular flexibility index (Phi) is 3.39. The van der Waals surface area contributed by atoms with Gasteiger partial charge in [-0.05, 0) is 25.4 Å². The van der Waals surface area contributed by atoms with Crippen LogP contribution in [0, 0.1) is 6.92 Å². The molecule has 0 aliphatic heterocycles. The second-order valence-electron chi connectivity index (χ2n) is 3.36. The molecule has 2 aromatic rings. The van der Waals surface area contributed by atoms with Crippen LogP contribution in [-0.2, 0) is 0 Å². The van der Waals surface area contributed by atoms with Crippen molar-refractivity contribution in [3.63, 3.8) is 0 Å². The number of carbonyl (C=O) groups is 1. The third kappa shape index (κ3) is 2.80. The lowest BCUT2D eigenvalue weighted by atomic mass is 10.3. The van der Waals surface area contributed by atoms with Crippen molar-refractivity contribution in [2.45, 2.75) is 19.9 Å². The molecule has 0 radical (unpaired) electrons. The highest BCUT2D eigenvalue weighted by Crippen LogP contribution is 2.17. The van der Waals surface area contributed by atoms with E-state index in [0.717, 1.165) is 11.3 Å². The first-order valence-corrected chi connectivity index (χ1v) is 5.98. The summed E-state index contributed by atoms with van der Waals surface area (Å²) in [4.78, 5) is 15.7. The molecule has 2 heterocycles. The van der Waals surface area contributed by atoms with Gasteiger partial charge >= 0.3 is 0 Å². The van der Waals surface area contributed by atoms with Crippen molar-refractivity contribution >= 4 is 28.8 Å². The summed E-state index contributed by atoms with van der Waals surface area (Å²) in [5.74, 6) is 0.796. The van der Waals surface area contributed by atoms with Gasteiger partial charge in [-0.15, -0.1) is 10.2 Å². The van der Waals surface area contributed by atoms with Gasteiger partial charge in [-0.25, -0.2) is 4.98 Å². The van der Waals surface area contributed by atoms with E-state index in [1.54, 1.807) is 20.0 Å². The molecule has 0 aromatic carbocycles. The zero-order valence-electron chi connectivity index (χ0n) is 9.10. The Labute approximate surface area is 106 Å². The SMILES string of the molecule is Cc1cnc(C(C)NC(=O)c2nnc(Cl)s2)o1. The number of hydrogen-bond donors (Lipinski definition) is 1. The molecule has 6 nitrogen and oxygen atoms in total. The fourth-order valence-electron chi connectivity index (χ4n) is 1.19. The van der Waals surface area contributed by atoms with Gasteiger partial charge in [0, 0.05) is 0 Å². The molecule has 2 aromatic heterocycles. The summed E-state index contributed by atoms with van der Waals surface area (Å²) in [5, 5.41) is 10.1. The number of hydrogen-bond acceptors (Lipinski definition) is 6. The lowest BCUT2D eigenvalue weighted by molar-refractivity contribution is 0.0933. The number of aromatic nitrogens is 3. The zero-order chi connectivity index (χ0) is 12.4. The smallest absolute Gasteiger partial charge is 0.282 e. The number of carbonyl (C=O) groups excluding carboxylic acids is 1. The third-order valence-corrected chi connectivity index (χ3v) is 2.97. The molecule has 0 spiro atoms. The van der Waals surface area contributed by atoms with E-state index < -0.39 is 0 Å². The van der Waals surface area contributed by atoms with E-state index in [1.165, 1.54) is 0 Å². The van der Waals surface area contributed by atoms with Gasteiger partial charge in [0.15, 0.2) is 0 Å². The summed E-state index contributed by atoms with van der Waals surface area (Å²) in [6, 6.07) is -0.334. The van der Waals surface area contributed by atoms with Crippen LogP contribution in [-0.4, -0.2) is 21.1 Å². The molecule has 0 saturated carbocycles. The topological polar surface area (TPSA) is 80.9 Å². The van der Waals surface area contributed by atoms with Gasteiger partial charge < -0.3 is 9.73 Å². The van der Waals surface area contributed by atoms with Crippen LogP contribution in [0.3, 0.4) is 0 Å². The highest BCUT2D eigenvalue weighted by molar-refractivity contribution is 7.17. The molecule has 1 unspecified atom stereocenters. The Morgan fingerprint density at radius 3 is 2.88 bits per heavy atom. The van der Waals surface area contributed by atoms with E-state index in [4.69, 9.17) is 16.0 Å². The van der Waals surface area contributed by atoms with Gasteiger partial charge in [-0.1, -0.05) is 11.3 Å². The minimum Gasteiger partial charge on any atom is -0.444 e. The van der Waals surface area contributed by atoms with E-state index in [-0.39, 0.29) is 21.4 Å². The number of rotatable bonds is 3. The van der Waals surface area contributed by atoms with Crippen molar-refractivity contribution in [1.29, 1.82) is 0 Å². The van der Waals surface area contributed by atoms with Crippen LogP contribution in [0.1, 0.15) is 34.4 Å². The van der Waals surface area contributed by atoms with Gasteiger partial charge in [0.25, 0.3) is 5.91 Å². The molecular weight excluding hydrogens is 264 g/mol. The zero-order valence-corrected chi connectivity index (χ0v) is 10.7. The first kappa shape index (κ1) is 12.0. The maximum Gasteiger partial charge on any atom is 0.282 e. The van der Waals surface area contributed by atoms with Crippen molar-refractivity contribution in [3.8, 4) is 0 Å². The molecule has 0 aliphatic carbocycles. The summed E-state index contributed by atoms with van der Waals surface area (Å²) >= 11 is 6.61. The molecule has 1 amide bonds. The first-order chi connectivity index (χ1) is 8.06. The first-order valence-electron chi connectivity index (χ1n) is 4.78. The average molecular weight is 273 g/mol. The van der Waals surface area contributed by atoms with E-state index in [9.17, 15) is 4.79 Å². The van der Waals surface area contributed by atoms with Crippen molar-refractivity contribution in [1.82, 2.24) is 20.5 Å². The maximum atomic E-state index is 11.7. The average Bonchev–Trinajstić information content (AvgIpc) is 2.87. The van der Waals surface area contributed by atoms with E-state index in [2.05, 4.69) is 20.5 Å². The van der Waals surface area contributed by atoms with Crippen molar-refractivity contribution in [2.75, 3.05) is 0 Å². The largest absolute Gasteiger partial charge is 0.444 e. The fourth-order valence-corrected chi connectivity index (χ4v) is 1.92. The van der Waals surface area contributed by atoms with Gasteiger partial charge in [0.05, 0.1) is 6.20 Å². The van der Waals surface area contributed by atoms with Crippen LogP contribution in [0.15, 0.2) is 10.6 Å². The number of halogens is 1. The molecule has 17 heavy (non-hydrogen) atoms. The quantitative estimate of drug-likeness (QED) is 0.924. The summed E-state index contributed by atoms with van der Waals surface area (Å²) in [6.07, 6.45) is 1.60. The number of oxazole rings is 1. The van der Waals surface area contributed by atoms with E-state index in [1.807, 2.05) is 0 Å². The van der Waals surface area contributed by atoms with Crippen LogP contribution < -0.4 is 5.32 Å². The number of amides is 1. The third-order valence-electron chi connectivity index (χ3n) is 1.95. The lowest BCUT2D eigenvalue weighted by Crippen LogP contribution is -2.26. The van der Waals surface area contributed by atoms with Gasteiger partial charge in [-0.2, -0.15) is 0 Å². The molecule has 0 aliphatic rings. The van der Waals surface area contributed by atoms with Crippen molar-refractivity contribution in [3.05, 3.63) is 27.3 Å². The van der Waals surface area contributed by atoms with Crippen molar-refractivity contribution < 1.29 is 9.21 Å². The van der Waals surface area contributed by atoms with Crippen LogP contribution in [0.2, 0.25) is 4.47 Å². The summed E-state index contributed by atoms with van der Waals surface area (Å²) in [6.45, 7) is 3.56. The molecule has 0 bridgehead atoms. The number of nitrogens with zero attached hydrogens (tertiary/aromatic N) is 3. The fraction of sp³-hybridized carbons (Fsp3) is 0.333. The summed E-state index contributed by atoms with van der Waals surface area (Å²) in [5.41, 5.74) is 0. The minimum atomic E-state index is -0.349. The Morgan fingerprint density at radius 2 is 2.35 bits per heavy atom. The molecule has 8 heteroatoms. The molecule has 90 valence electrons.